The maximum atomic E-state index is 12.0. The van der Waals surface area contributed by atoms with E-state index in [0.717, 1.165) is 5.75 Å². The van der Waals surface area contributed by atoms with E-state index in [1.807, 2.05) is 0 Å². The number of thioether (sulfide) groups is 1. The standard InChI is InChI=1S/C9H10F2N2O3S/c10-8(11)5(14)3-7-12-9(13-16-7)6-4-17-2-1-15-6/h6,8H,1-4H2. The Bertz CT molecular complexity index is 393. The van der Waals surface area contributed by atoms with Crippen LogP contribution in [0.25, 0.3) is 0 Å². The second-order valence-electron chi connectivity index (χ2n) is 3.42. The molecule has 1 saturated heterocycles. The Hall–Kier alpha value is -1.02. The number of hydrogen-bond donors (Lipinski definition) is 0. The van der Waals surface area contributed by atoms with Crippen LogP contribution in [0, 0.1) is 0 Å². The van der Waals surface area contributed by atoms with Gasteiger partial charge in [-0.2, -0.15) is 16.7 Å². The molecule has 0 amide bonds. The fourth-order valence-corrected chi connectivity index (χ4v) is 2.17. The van der Waals surface area contributed by atoms with Crippen molar-refractivity contribution in [2.24, 2.45) is 0 Å². The van der Waals surface area contributed by atoms with E-state index in [-0.39, 0.29) is 12.0 Å². The largest absolute Gasteiger partial charge is 0.368 e. The fourth-order valence-electron chi connectivity index (χ4n) is 1.33. The van der Waals surface area contributed by atoms with Crippen molar-refractivity contribution in [3.05, 3.63) is 11.7 Å². The average Bonchev–Trinajstić information content (AvgIpc) is 2.78. The van der Waals surface area contributed by atoms with E-state index in [1.54, 1.807) is 11.8 Å². The molecule has 1 unspecified atom stereocenters. The summed E-state index contributed by atoms with van der Waals surface area (Å²) in [5.74, 6) is 0.602. The summed E-state index contributed by atoms with van der Waals surface area (Å²) in [5.41, 5.74) is 0. The lowest BCUT2D eigenvalue weighted by molar-refractivity contribution is -0.129. The third-order valence-corrected chi connectivity index (χ3v) is 3.15. The molecule has 0 radical (unpaired) electrons. The summed E-state index contributed by atoms with van der Waals surface area (Å²) in [6.07, 6.45) is -3.83. The molecule has 1 atom stereocenters. The summed E-state index contributed by atoms with van der Waals surface area (Å²) in [6.45, 7) is 0.592. The molecule has 0 aromatic carbocycles. The van der Waals surface area contributed by atoms with Gasteiger partial charge in [-0.15, -0.1) is 0 Å². The molecule has 0 N–H and O–H groups in total. The van der Waals surface area contributed by atoms with Crippen LogP contribution in [-0.4, -0.2) is 40.5 Å². The molecule has 0 bridgehead atoms. The quantitative estimate of drug-likeness (QED) is 0.815. The third kappa shape index (κ3) is 3.22. The van der Waals surface area contributed by atoms with Gasteiger partial charge in [-0.3, -0.25) is 4.79 Å². The van der Waals surface area contributed by atoms with Crippen molar-refractivity contribution in [3.63, 3.8) is 0 Å². The van der Waals surface area contributed by atoms with Gasteiger partial charge >= 0.3 is 0 Å². The molecule has 0 saturated carbocycles. The highest BCUT2D eigenvalue weighted by molar-refractivity contribution is 7.99. The van der Waals surface area contributed by atoms with Crippen molar-refractivity contribution in [1.82, 2.24) is 10.1 Å². The molecule has 1 aromatic heterocycles. The van der Waals surface area contributed by atoms with Crippen LogP contribution >= 0.6 is 11.8 Å². The molecule has 2 heterocycles. The van der Waals surface area contributed by atoms with Crippen LogP contribution in [-0.2, 0) is 16.0 Å². The van der Waals surface area contributed by atoms with E-state index in [2.05, 4.69) is 10.1 Å². The van der Waals surface area contributed by atoms with Gasteiger partial charge in [0, 0.05) is 11.5 Å². The SMILES string of the molecule is O=C(Cc1nc(C2CSCCO2)no1)C(F)F. The predicted molar refractivity (Wildman–Crippen MR) is 55.0 cm³/mol. The number of rotatable bonds is 4. The molecule has 17 heavy (non-hydrogen) atoms. The van der Waals surface area contributed by atoms with E-state index >= 15 is 0 Å². The first-order chi connectivity index (χ1) is 8.16. The lowest BCUT2D eigenvalue weighted by atomic mass is 10.3. The first-order valence-electron chi connectivity index (χ1n) is 4.99. The minimum Gasteiger partial charge on any atom is -0.368 e. The van der Waals surface area contributed by atoms with Gasteiger partial charge in [0.25, 0.3) is 6.43 Å². The highest BCUT2D eigenvalue weighted by Crippen LogP contribution is 2.24. The maximum absolute atomic E-state index is 12.0. The van der Waals surface area contributed by atoms with Crippen molar-refractivity contribution in [1.29, 1.82) is 0 Å². The number of nitrogens with zero attached hydrogens (tertiary/aromatic N) is 2. The summed E-state index contributed by atoms with van der Waals surface area (Å²) < 4.78 is 34.1. The van der Waals surface area contributed by atoms with Crippen molar-refractivity contribution >= 4 is 17.5 Å². The van der Waals surface area contributed by atoms with Crippen LogP contribution in [0.5, 0.6) is 0 Å². The number of ether oxygens (including phenoxy) is 1. The predicted octanol–water partition coefficient (Wildman–Crippen LogP) is 1.25. The molecule has 1 aliphatic heterocycles. The number of Topliss-reactive ketones (excluding diaryl/α,β-unsaturated/α-hetero) is 1. The first kappa shape index (κ1) is 12.4. The summed E-state index contributed by atoms with van der Waals surface area (Å²) in [7, 11) is 0. The zero-order chi connectivity index (χ0) is 12.3. The van der Waals surface area contributed by atoms with Gasteiger partial charge < -0.3 is 9.26 Å². The number of hydrogen-bond acceptors (Lipinski definition) is 6. The van der Waals surface area contributed by atoms with Gasteiger partial charge in [-0.05, 0) is 0 Å². The van der Waals surface area contributed by atoms with Crippen LogP contribution in [0.1, 0.15) is 17.8 Å². The summed E-state index contributed by atoms with van der Waals surface area (Å²) in [6, 6.07) is 0. The molecule has 1 aliphatic rings. The maximum Gasteiger partial charge on any atom is 0.296 e. The van der Waals surface area contributed by atoms with E-state index in [4.69, 9.17) is 9.26 Å². The molecule has 1 fully saturated rings. The van der Waals surface area contributed by atoms with Crippen LogP contribution in [0.2, 0.25) is 0 Å². The number of ketones is 1. The molecule has 0 spiro atoms. The molecule has 2 rings (SSSR count). The monoisotopic (exact) mass is 264 g/mol. The first-order valence-corrected chi connectivity index (χ1v) is 6.15. The van der Waals surface area contributed by atoms with Gasteiger partial charge in [0.1, 0.15) is 6.10 Å². The fraction of sp³-hybridized carbons (Fsp3) is 0.667. The lowest BCUT2D eigenvalue weighted by Crippen LogP contribution is -2.17. The molecular weight excluding hydrogens is 254 g/mol. The Morgan fingerprint density at radius 2 is 2.41 bits per heavy atom. The Balaban J connectivity index is 1.97. The van der Waals surface area contributed by atoms with Crippen LogP contribution < -0.4 is 0 Å². The molecule has 94 valence electrons. The van der Waals surface area contributed by atoms with Crippen LogP contribution in [0.3, 0.4) is 0 Å². The van der Waals surface area contributed by atoms with E-state index in [0.29, 0.717) is 18.2 Å². The molecule has 5 nitrogen and oxygen atoms in total. The average molecular weight is 264 g/mol. The van der Waals surface area contributed by atoms with Gasteiger partial charge in [-0.25, -0.2) is 8.78 Å². The number of carbonyl (C=O) groups is 1. The number of carbonyl (C=O) groups excluding carboxylic acids is 1. The molecule has 8 heteroatoms. The zero-order valence-corrected chi connectivity index (χ0v) is 9.58. The number of halogens is 2. The summed E-state index contributed by atoms with van der Waals surface area (Å²) in [4.78, 5) is 14.7. The second kappa shape index (κ2) is 5.54. The van der Waals surface area contributed by atoms with Gasteiger partial charge in [0.2, 0.25) is 17.5 Å². The number of alkyl halides is 2. The van der Waals surface area contributed by atoms with Gasteiger partial charge in [0.05, 0.1) is 13.0 Å². The Morgan fingerprint density at radius 3 is 3.06 bits per heavy atom. The third-order valence-electron chi connectivity index (χ3n) is 2.16. The smallest absolute Gasteiger partial charge is 0.296 e. The molecule has 1 aromatic rings. The Morgan fingerprint density at radius 1 is 1.59 bits per heavy atom. The van der Waals surface area contributed by atoms with Crippen LogP contribution in [0.15, 0.2) is 4.52 Å². The van der Waals surface area contributed by atoms with Crippen molar-refractivity contribution in [3.8, 4) is 0 Å². The van der Waals surface area contributed by atoms with E-state index < -0.39 is 18.6 Å². The Labute approximate surface area is 99.9 Å². The molecule has 0 aliphatic carbocycles. The Kier molecular flexibility index (Phi) is 4.06. The minimum atomic E-state index is -3.01. The summed E-state index contributed by atoms with van der Waals surface area (Å²) >= 11 is 1.69. The normalized spacial score (nSPS) is 20.8. The van der Waals surface area contributed by atoms with Gasteiger partial charge in [-0.1, -0.05) is 5.16 Å². The highest BCUT2D eigenvalue weighted by Gasteiger charge is 2.24. The summed E-state index contributed by atoms with van der Waals surface area (Å²) in [5, 5.41) is 3.63. The van der Waals surface area contributed by atoms with E-state index in [1.165, 1.54) is 0 Å². The van der Waals surface area contributed by atoms with Crippen LogP contribution in [0.4, 0.5) is 8.78 Å². The number of aromatic nitrogens is 2. The van der Waals surface area contributed by atoms with E-state index in [9.17, 15) is 13.6 Å². The van der Waals surface area contributed by atoms with Gasteiger partial charge in [0.15, 0.2) is 0 Å². The minimum absolute atomic E-state index is 0.0931. The lowest BCUT2D eigenvalue weighted by Gasteiger charge is -2.18. The van der Waals surface area contributed by atoms with Crippen molar-refractivity contribution in [2.45, 2.75) is 19.0 Å². The van der Waals surface area contributed by atoms with Crippen molar-refractivity contribution < 1.29 is 22.8 Å². The zero-order valence-electron chi connectivity index (χ0n) is 8.77. The topological polar surface area (TPSA) is 65.2 Å². The highest BCUT2D eigenvalue weighted by atomic mass is 32.2. The molecular formula is C9H10F2N2O3S. The second-order valence-corrected chi connectivity index (χ2v) is 4.57. The van der Waals surface area contributed by atoms with Crippen molar-refractivity contribution in [2.75, 3.05) is 18.1 Å².